The minimum atomic E-state index is -0.735. The first-order valence-corrected chi connectivity index (χ1v) is 13.7. The molecule has 4 aromatic rings. The summed E-state index contributed by atoms with van der Waals surface area (Å²) in [6.07, 6.45) is 0.423. The van der Waals surface area contributed by atoms with Gasteiger partial charge in [-0.05, 0) is 84.1 Å². The number of carbonyl (C=O) groups excluding carboxylic acids is 1. The highest BCUT2D eigenvalue weighted by molar-refractivity contribution is 6.39. The number of rotatable bonds is 7. The van der Waals surface area contributed by atoms with Crippen molar-refractivity contribution in [3.63, 3.8) is 0 Å². The lowest BCUT2D eigenvalue weighted by Gasteiger charge is -2.19. The third-order valence-electron chi connectivity index (χ3n) is 6.97. The summed E-state index contributed by atoms with van der Waals surface area (Å²) >= 11 is 12.7. The smallest absolute Gasteiger partial charge is 0.251 e. The van der Waals surface area contributed by atoms with Crippen LogP contribution in [-0.2, 0) is 12.8 Å². The number of aliphatic hydroxyl groups is 1. The van der Waals surface area contributed by atoms with Crippen molar-refractivity contribution in [3.05, 3.63) is 123 Å². The fraction of sp³-hybridized carbons (Fsp3) is 0.188. The fourth-order valence-corrected chi connectivity index (χ4v) is 5.53. The largest absolute Gasteiger partial charge is 0.390 e. The lowest BCUT2D eigenvalue weighted by molar-refractivity contribution is 0.0858. The van der Waals surface area contributed by atoms with Gasteiger partial charge in [0.25, 0.3) is 5.91 Å². The molecule has 0 radical (unpaired) electrons. The van der Waals surface area contributed by atoms with Gasteiger partial charge in [-0.25, -0.2) is 4.39 Å². The molecule has 3 N–H and O–H groups in total. The summed E-state index contributed by atoms with van der Waals surface area (Å²) in [6.45, 7) is 2.44. The summed E-state index contributed by atoms with van der Waals surface area (Å²) < 4.78 is 13.1. The van der Waals surface area contributed by atoms with Crippen LogP contribution in [-0.4, -0.2) is 29.5 Å². The van der Waals surface area contributed by atoms with E-state index in [4.69, 9.17) is 23.2 Å². The first kappa shape index (κ1) is 27.8. The van der Waals surface area contributed by atoms with Crippen molar-refractivity contribution < 1.29 is 14.3 Å². The molecule has 0 saturated carbocycles. The topological polar surface area (TPSA) is 73.7 Å². The highest BCUT2D eigenvalue weighted by Crippen LogP contribution is 2.36. The molecule has 204 valence electrons. The molecule has 0 fully saturated rings. The second kappa shape index (κ2) is 12.2. The lowest BCUT2D eigenvalue weighted by atomic mass is 10.0. The number of fused-ring (bicyclic) bond motifs is 1. The predicted molar refractivity (Wildman–Crippen MR) is 160 cm³/mol. The number of nitrogens with one attached hydrogen (secondary N) is 2. The quantitative estimate of drug-likeness (QED) is 0.160. The highest BCUT2D eigenvalue weighted by atomic mass is 35.5. The van der Waals surface area contributed by atoms with Gasteiger partial charge in [0.2, 0.25) is 0 Å². The second-order valence-electron chi connectivity index (χ2n) is 9.78. The van der Waals surface area contributed by atoms with Crippen LogP contribution < -0.4 is 10.6 Å². The van der Waals surface area contributed by atoms with Crippen LogP contribution in [0.5, 0.6) is 0 Å². The Morgan fingerprint density at radius 2 is 1.70 bits per heavy atom. The average Bonchev–Trinajstić information content (AvgIpc) is 3.24. The van der Waals surface area contributed by atoms with Crippen LogP contribution in [0.3, 0.4) is 0 Å². The number of carbonyl (C=O) groups is 1. The Kier molecular flexibility index (Phi) is 8.50. The van der Waals surface area contributed by atoms with E-state index in [1.807, 2.05) is 25.1 Å². The Balaban J connectivity index is 1.25. The molecule has 0 unspecified atom stereocenters. The van der Waals surface area contributed by atoms with E-state index in [1.165, 1.54) is 12.1 Å². The normalized spacial score (nSPS) is 16.5. The molecule has 1 aliphatic rings. The molecule has 0 heterocycles. The standard InChI is InChI=1S/C32H28Cl2FN3O2/c1-19(36-16-15-20-5-12-24(35)13-6-20)37-25-14-11-23-17-29(39)31(26(23)18-25)38-32(40)22-9-7-21(8-10-22)30-27(33)3-2-4-28(30)34/h2-14,18,29,31,39H,15-17H2,1H3,(H,36,37)(H,38,40)/t29-,31-/m1/s1. The van der Waals surface area contributed by atoms with Gasteiger partial charge in [-0.3, -0.25) is 9.79 Å². The van der Waals surface area contributed by atoms with E-state index < -0.39 is 12.1 Å². The molecule has 2 atom stereocenters. The van der Waals surface area contributed by atoms with Crippen molar-refractivity contribution in [3.8, 4) is 11.1 Å². The van der Waals surface area contributed by atoms with Gasteiger partial charge in [-0.15, -0.1) is 0 Å². The molecule has 1 aliphatic carbocycles. The van der Waals surface area contributed by atoms with Crippen molar-refractivity contribution >= 4 is 40.6 Å². The van der Waals surface area contributed by atoms with Crippen molar-refractivity contribution in [2.45, 2.75) is 31.9 Å². The third-order valence-corrected chi connectivity index (χ3v) is 7.60. The molecule has 5 rings (SSSR count). The predicted octanol–water partition coefficient (Wildman–Crippen LogP) is 7.26. The Labute approximate surface area is 242 Å². The number of nitrogens with zero attached hydrogens (tertiary/aromatic N) is 1. The summed E-state index contributed by atoms with van der Waals surface area (Å²) in [5.74, 6) is 0.198. The van der Waals surface area contributed by atoms with Gasteiger partial charge in [0, 0.05) is 39.8 Å². The van der Waals surface area contributed by atoms with Gasteiger partial charge >= 0.3 is 0 Å². The number of benzene rings is 4. The van der Waals surface area contributed by atoms with E-state index in [0.717, 1.165) is 33.8 Å². The highest BCUT2D eigenvalue weighted by Gasteiger charge is 2.32. The van der Waals surface area contributed by atoms with Crippen LogP contribution in [0.25, 0.3) is 11.1 Å². The van der Waals surface area contributed by atoms with Crippen LogP contribution in [0, 0.1) is 5.82 Å². The average molecular weight is 576 g/mol. The Morgan fingerprint density at radius 3 is 2.40 bits per heavy atom. The maximum absolute atomic E-state index is 13.1. The molecule has 5 nitrogen and oxygen atoms in total. The van der Waals surface area contributed by atoms with Gasteiger partial charge in [0.15, 0.2) is 0 Å². The van der Waals surface area contributed by atoms with E-state index in [2.05, 4.69) is 15.6 Å². The molecule has 40 heavy (non-hydrogen) atoms. The van der Waals surface area contributed by atoms with Crippen molar-refractivity contribution in [2.24, 2.45) is 4.99 Å². The Morgan fingerprint density at radius 1 is 1.00 bits per heavy atom. The molecule has 0 spiro atoms. The first-order chi connectivity index (χ1) is 19.3. The van der Waals surface area contributed by atoms with Crippen molar-refractivity contribution in [1.29, 1.82) is 0 Å². The van der Waals surface area contributed by atoms with Crippen LogP contribution in [0.15, 0.2) is 89.9 Å². The maximum atomic E-state index is 13.1. The van der Waals surface area contributed by atoms with E-state index in [-0.39, 0.29) is 11.7 Å². The van der Waals surface area contributed by atoms with Gasteiger partial charge < -0.3 is 15.7 Å². The van der Waals surface area contributed by atoms with Crippen LogP contribution in [0.4, 0.5) is 10.1 Å². The number of aliphatic hydroxyl groups excluding tert-OH is 1. The van der Waals surface area contributed by atoms with Gasteiger partial charge in [0.05, 0.1) is 18.0 Å². The summed E-state index contributed by atoms with van der Waals surface area (Å²) in [6, 6.07) is 24.1. The molecule has 0 saturated heterocycles. The summed E-state index contributed by atoms with van der Waals surface area (Å²) in [7, 11) is 0. The SMILES string of the molecule is CC(=NCCc1ccc(F)cc1)Nc1ccc2c(c1)[C@@H](NC(=O)c1ccc(-c3c(Cl)cccc3Cl)cc1)[C@H](O)C2. The molecular weight excluding hydrogens is 548 g/mol. The second-order valence-corrected chi connectivity index (χ2v) is 10.6. The van der Waals surface area contributed by atoms with E-state index >= 15 is 0 Å². The Hall–Kier alpha value is -3.71. The zero-order valence-electron chi connectivity index (χ0n) is 21.8. The molecular formula is C32H28Cl2FN3O2. The monoisotopic (exact) mass is 575 g/mol. The van der Waals surface area contributed by atoms with Crippen molar-refractivity contribution in [2.75, 3.05) is 11.9 Å². The lowest BCUT2D eigenvalue weighted by Crippen LogP contribution is -2.33. The third kappa shape index (κ3) is 6.36. The van der Waals surface area contributed by atoms with Gasteiger partial charge in [-0.2, -0.15) is 0 Å². The number of hydrogen-bond acceptors (Lipinski definition) is 3. The number of amidine groups is 1. The maximum Gasteiger partial charge on any atom is 0.251 e. The molecule has 4 aromatic carbocycles. The molecule has 0 aliphatic heterocycles. The summed E-state index contributed by atoms with van der Waals surface area (Å²) in [5, 5.41) is 18.1. The number of aliphatic imine (C=N–C) groups is 1. The van der Waals surface area contributed by atoms with Crippen LogP contribution >= 0.6 is 23.2 Å². The van der Waals surface area contributed by atoms with Crippen molar-refractivity contribution in [1.82, 2.24) is 5.32 Å². The molecule has 0 bridgehead atoms. The number of amides is 1. The zero-order valence-corrected chi connectivity index (χ0v) is 23.3. The minimum Gasteiger partial charge on any atom is -0.390 e. The summed E-state index contributed by atoms with van der Waals surface area (Å²) in [4.78, 5) is 17.7. The number of anilines is 1. The van der Waals surface area contributed by atoms with Gasteiger partial charge in [-0.1, -0.05) is 59.6 Å². The molecule has 1 amide bonds. The van der Waals surface area contributed by atoms with E-state index in [0.29, 0.717) is 40.6 Å². The number of halogens is 3. The van der Waals surface area contributed by atoms with Gasteiger partial charge in [0.1, 0.15) is 5.82 Å². The van der Waals surface area contributed by atoms with Crippen LogP contribution in [0.2, 0.25) is 10.0 Å². The van der Waals surface area contributed by atoms with E-state index in [1.54, 1.807) is 54.6 Å². The van der Waals surface area contributed by atoms with E-state index in [9.17, 15) is 14.3 Å². The zero-order chi connectivity index (χ0) is 28.2. The Bertz CT molecular complexity index is 1540. The molecule has 8 heteroatoms. The minimum absolute atomic E-state index is 0.252. The first-order valence-electron chi connectivity index (χ1n) is 13.0. The summed E-state index contributed by atoms with van der Waals surface area (Å²) in [5.41, 5.74) is 5.67. The molecule has 0 aromatic heterocycles. The number of hydrogen-bond donors (Lipinski definition) is 3. The fourth-order valence-electron chi connectivity index (χ4n) is 4.91. The van der Waals surface area contributed by atoms with Crippen LogP contribution in [0.1, 0.15) is 40.0 Å².